The van der Waals surface area contributed by atoms with Gasteiger partial charge in [0.25, 0.3) is 0 Å². The van der Waals surface area contributed by atoms with Gasteiger partial charge < -0.3 is 14.8 Å². The van der Waals surface area contributed by atoms with E-state index in [1.165, 1.54) is 0 Å². The predicted molar refractivity (Wildman–Crippen MR) is 112 cm³/mol. The number of piperazine rings is 1. The zero-order chi connectivity index (χ0) is 19.0. The highest BCUT2D eigenvalue weighted by Gasteiger charge is 2.27. The Bertz CT molecular complexity index is 964. The first-order valence-electron chi connectivity index (χ1n) is 8.95. The molecule has 0 aliphatic carbocycles. The normalized spacial score (nSPS) is 16.0. The fourth-order valence-corrected chi connectivity index (χ4v) is 4.30. The number of nitrogens with one attached hydrogen (secondary N) is 1. The molecule has 3 aromatic rings. The molecular weight excluding hydrogens is 428 g/mol. The molecule has 1 fully saturated rings. The zero-order valence-corrected chi connectivity index (χ0v) is 17.3. The number of carbonyl (C=O) groups is 1. The van der Waals surface area contributed by atoms with Crippen LogP contribution in [-0.4, -0.2) is 47.0 Å². The van der Waals surface area contributed by atoms with Gasteiger partial charge in [0.15, 0.2) is 0 Å². The Kier molecular flexibility index (Phi) is 5.10. The van der Waals surface area contributed by atoms with E-state index in [-0.39, 0.29) is 11.8 Å². The second-order valence-electron chi connectivity index (χ2n) is 6.78. The minimum atomic E-state index is -0.169. The molecule has 1 atom stereocenters. The largest absolute Gasteiger partial charge is 0.366 e. The third-order valence-corrected chi connectivity index (χ3v) is 5.99. The van der Waals surface area contributed by atoms with Gasteiger partial charge in [0, 0.05) is 49.0 Å². The van der Waals surface area contributed by atoms with Gasteiger partial charge in [-0.1, -0.05) is 23.7 Å². The summed E-state index contributed by atoms with van der Waals surface area (Å²) in [6.07, 6.45) is 3.73. The van der Waals surface area contributed by atoms with Crippen LogP contribution < -0.4 is 4.90 Å². The Labute approximate surface area is 171 Å². The van der Waals surface area contributed by atoms with Gasteiger partial charge in [-0.15, -0.1) is 0 Å². The number of aromatic nitrogens is 2. The number of rotatable bonds is 3. The van der Waals surface area contributed by atoms with E-state index < -0.39 is 0 Å². The summed E-state index contributed by atoms with van der Waals surface area (Å²) in [6.45, 7) is 4.96. The number of halogens is 2. The average Bonchev–Trinajstić information content (AvgIpc) is 3.16. The number of carbonyl (C=O) groups excluding carboxylic acids is 1. The molecule has 3 heterocycles. The molecule has 2 aromatic heterocycles. The standard InChI is InChI=1S/C20H20BrClN4O/c1-13(14-2-4-15(22)5-3-14)20(27)26-10-8-25(9-11-26)18-16-6-7-23-19(16)24-12-17(18)21/h2-7,12-13H,8-11H2,1H3,(H,23,24)/t13-/m0/s1. The summed E-state index contributed by atoms with van der Waals surface area (Å²) >= 11 is 9.59. The molecule has 0 bridgehead atoms. The van der Waals surface area contributed by atoms with Crippen molar-refractivity contribution in [3.8, 4) is 0 Å². The van der Waals surface area contributed by atoms with Gasteiger partial charge in [-0.05, 0) is 46.6 Å². The summed E-state index contributed by atoms with van der Waals surface area (Å²) in [5.74, 6) is -0.00424. The van der Waals surface area contributed by atoms with Crippen molar-refractivity contribution in [3.05, 3.63) is 57.8 Å². The highest BCUT2D eigenvalue weighted by atomic mass is 79.9. The first-order chi connectivity index (χ1) is 13.0. The molecule has 0 radical (unpaired) electrons. The van der Waals surface area contributed by atoms with Gasteiger partial charge in [-0.3, -0.25) is 4.79 Å². The van der Waals surface area contributed by atoms with Crippen molar-refractivity contribution in [3.63, 3.8) is 0 Å². The van der Waals surface area contributed by atoms with Crippen LogP contribution in [0.25, 0.3) is 11.0 Å². The van der Waals surface area contributed by atoms with Crippen LogP contribution in [0.5, 0.6) is 0 Å². The lowest BCUT2D eigenvalue weighted by atomic mass is 9.99. The Hall–Kier alpha value is -2.05. The minimum absolute atomic E-state index is 0.164. The van der Waals surface area contributed by atoms with Gasteiger partial charge in [0.2, 0.25) is 5.91 Å². The van der Waals surface area contributed by atoms with Crippen LogP contribution in [0.15, 0.2) is 47.2 Å². The second kappa shape index (κ2) is 7.52. The van der Waals surface area contributed by atoms with E-state index >= 15 is 0 Å². The van der Waals surface area contributed by atoms with Gasteiger partial charge in [0.1, 0.15) is 5.65 Å². The number of aromatic amines is 1. The summed E-state index contributed by atoms with van der Waals surface area (Å²) in [7, 11) is 0. The smallest absolute Gasteiger partial charge is 0.229 e. The second-order valence-corrected chi connectivity index (χ2v) is 8.07. The van der Waals surface area contributed by atoms with Crippen molar-refractivity contribution >= 4 is 50.2 Å². The molecule has 0 saturated carbocycles. The molecule has 140 valence electrons. The SMILES string of the molecule is C[C@H](C(=O)N1CCN(c2c(Br)cnc3[nH]ccc23)CC1)c1ccc(Cl)cc1. The van der Waals surface area contributed by atoms with Crippen molar-refractivity contribution in [2.24, 2.45) is 0 Å². The van der Waals surface area contributed by atoms with Crippen LogP contribution in [-0.2, 0) is 4.79 Å². The fraction of sp³-hybridized carbons (Fsp3) is 0.300. The molecule has 5 nitrogen and oxygen atoms in total. The number of fused-ring (bicyclic) bond motifs is 1. The number of nitrogens with zero attached hydrogens (tertiary/aromatic N) is 3. The van der Waals surface area contributed by atoms with E-state index in [0.29, 0.717) is 18.1 Å². The average molecular weight is 448 g/mol. The molecule has 1 aromatic carbocycles. The monoisotopic (exact) mass is 446 g/mol. The molecule has 1 aliphatic heterocycles. The van der Waals surface area contributed by atoms with E-state index in [1.54, 1.807) is 0 Å². The topological polar surface area (TPSA) is 52.2 Å². The minimum Gasteiger partial charge on any atom is -0.366 e. The van der Waals surface area contributed by atoms with E-state index in [0.717, 1.165) is 39.8 Å². The first-order valence-corrected chi connectivity index (χ1v) is 10.1. The van der Waals surface area contributed by atoms with E-state index in [4.69, 9.17) is 11.6 Å². The number of hydrogen-bond donors (Lipinski definition) is 1. The Morgan fingerprint density at radius 1 is 1.19 bits per heavy atom. The number of amides is 1. The summed E-state index contributed by atoms with van der Waals surface area (Å²) in [6, 6.07) is 9.57. The summed E-state index contributed by atoms with van der Waals surface area (Å²) < 4.78 is 0.976. The van der Waals surface area contributed by atoms with Crippen LogP contribution in [0.1, 0.15) is 18.4 Å². The van der Waals surface area contributed by atoms with E-state index in [9.17, 15) is 4.79 Å². The quantitative estimate of drug-likeness (QED) is 0.646. The maximum absolute atomic E-state index is 12.9. The van der Waals surface area contributed by atoms with Crippen molar-refractivity contribution in [2.45, 2.75) is 12.8 Å². The summed E-state index contributed by atoms with van der Waals surface area (Å²) in [4.78, 5) is 24.7. The maximum Gasteiger partial charge on any atom is 0.229 e. The van der Waals surface area contributed by atoms with Crippen LogP contribution in [0, 0.1) is 0 Å². The third kappa shape index (κ3) is 3.56. The molecule has 0 spiro atoms. The van der Waals surface area contributed by atoms with E-state index in [2.05, 4.69) is 30.8 Å². The fourth-order valence-electron chi connectivity index (χ4n) is 3.61. The lowest BCUT2D eigenvalue weighted by Gasteiger charge is -2.37. The van der Waals surface area contributed by atoms with Gasteiger partial charge in [0.05, 0.1) is 16.1 Å². The Morgan fingerprint density at radius 3 is 2.59 bits per heavy atom. The molecule has 7 heteroatoms. The highest BCUT2D eigenvalue weighted by Crippen LogP contribution is 2.33. The lowest BCUT2D eigenvalue weighted by Crippen LogP contribution is -2.50. The Morgan fingerprint density at radius 2 is 1.89 bits per heavy atom. The molecule has 0 unspecified atom stereocenters. The molecule has 4 rings (SSSR count). The number of hydrogen-bond acceptors (Lipinski definition) is 3. The molecule has 1 N–H and O–H groups in total. The molecule has 1 aliphatic rings. The van der Waals surface area contributed by atoms with Crippen LogP contribution in [0.4, 0.5) is 5.69 Å². The zero-order valence-electron chi connectivity index (χ0n) is 15.0. The van der Waals surface area contributed by atoms with Crippen LogP contribution in [0.3, 0.4) is 0 Å². The van der Waals surface area contributed by atoms with Crippen LogP contribution in [0.2, 0.25) is 5.02 Å². The molecule has 27 heavy (non-hydrogen) atoms. The first kappa shape index (κ1) is 18.3. The molecule has 1 saturated heterocycles. The van der Waals surface area contributed by atoms with Gasteiger partial charge >= 0.3 is 0 Å². The summed E-state index contributed by atoms with van der Waals surface area (Å²) in [5, 5.41) is 1.78. The highest BCUT2D eigenvalue weighted by molar-refractivity contribution is 9.10. The van der Waals surface area contributed by atoms with Crippen molar-refractivity contribution in [1.29, 1.82) is 0 Å². The number of pyridine rings is 1. The van der Waals surface area contributed by atoms with E-state index in [1.807, 2.05) is 54.5 Å². The summed E-state index contributed by atoms with van der Waals surface area (Å²) in [5.41, 5.74) is 3.01. The van der Waals surface area contributed by atoms with Crippen molar-refractivity contribution in [1.82, 2.24) is 14.9 Å². The lowest BCUT2D eigenvalue weighted by molar-refractivity contribution is -0.132. The van der Waals surface area contributed by atoms with Crippen molar-refractivity contribution < 1.29 is 4.79 Å². The number of H-pyrrole nitrogens is 1. The number of benzene rings is 1. The Balaban J connectivity index is 1.47. The van der Waals surface area contributed by atoms with Gasteiger partial charge in [-0.2, -0.15) is 0 Å². The molecular formula is C20H20BrClN4O. The molecule has 1 amide bonds. The van der Waals surface area contributed by atoms with Crippen molar-refractivity contribution in [2.75, 3.05) is 31.1 Å². The predicted octanol–water partition coefficient (Wildman–Crippen LogP) is 4.43. The third-order valence-electron chi connectivity index (χ3n) is 5.16. The number of anilines is 1. The maximum atomic E-state index is 12.9. The van der Waals surface area contributed by atoms with Crippen LogP contribution >= 0.6 is 27.5 Å². The van der Waals surface area contributed by atoms with Gasteiger partial charge in [-0.25, -0.2) is 4.98 Å².